The van der Waals surface area contributed by atoms with Gasteiger partial charge in [-0.3, -0.25) is 34.0 Å². The van der Waals surface area contributed by atoms with E-state index in [9.17, 15) is 34.3 Å². The van der Waals surface area contributed by atoms with Gasteiger partial charge in [0.1, 0.15) is 35.5 Å². The zero-order valence-corrected chi connectivity index (χ0v) is 46.0. The van der Waals surface area contributed by atoms with Crippen LogP contribution in [-0.4, -0.2) is 110 Å². The molecule has 4 aromatic rings. The summed E-state index contributed by atoms with van der Waals surface area (Å²) in [6.07, 6.45) is 5.87. The number of likely N-dealkylation sites (tertiary alicyclic amines) is 1. The summed E-state index contributed by atoms with van der Waals surface area (Å²) in [6, 6.07) is 14.5. The molecule has 386 valence electrons. The number of hydrogen-bond acceptors (Lipinski definition) is 10. The van der Waals surface area contributed by atoms with Crippen LogP contribution in [0.1, 0.15) is 84.5 Å². The zero-order valence-electron chi connectivity index (χ0n) is 42.0. The lowest BCUT2D eigenvalue weighted by atomic mass is 9.84. The molecule has 5 heterocycles. The normalized spacial score (nSPS) is 19.4. The molecule has 3 aliphatic heterocycles. The van der Waals surface area contributed by atoms with Gasteiger partial charge in [-0.05, 0) is 111 Å². The maximum absolute atomic E-state index is 14.7. The third kappa shape index (κ3) is 12.9. The molecule has 0 unspecified atom stereocenters. The number of amides is 4. The molecule has 2 aromatic carbocycles. The van der Waals surface area contributed by atoms with Crippen molar-refractivity contribution in [1.29, 1.82) is 5.26 Å². The summed E-state index contributed by atoms with van der Waals surface area (Å²) in [7, 11) is 1.56. The van der Waals surface area contributed by atoms with Gasteiger partial charge in [0.15, 0.2) is 0 Å². The van der Waals surface area contributed by atoms with E-state index >= 15 is 0 Å². The van der Waals surface area contributed by atoms with Crippen LogP contribution in [0.15, 0.2) is 66.4 Å². The highest BCUT2D eigenvalue weighted by atomic mass is 32.1. The number of hydrogen-bond donors (Lipinski definition) is 3. The topological polar surface area (TPSA) is 190 Å². The highest BCUT2D eigenvalue weighted by molar-refractivity contribution is 7.59. The van der Waals surface area contributed by atoms with Gasteiger partial charge in [0.25, 0.3) is 11.8 Å². The largest absolute Gasteiger partial charge is 0.508 e. The van der Waals surface area contributed by atoms with Crippen LogP contribution in [0.5, 0.6) is 5.75 Å². The number of phenols is 1. The highest BCUT2D eigenvalue weighted by Gasteiger charge is 2.41. The van der Waals surface area contributed by atoms with Crippen molar-refractivity contribution in [2.24, 2.45) is 17.3 Å². The molecular weight excluding hydrogens is 977 g/mol. The number of allylic oxidation sites excluding steroid dienone is 1. The second-order valence-electron chi connectivity index (χ2n) is 19.3. The Morgan fingerprint density at radius 1 is 1.04 bits per heavy atom. The predicted molar refractivity (Wildman–Crippen MR) is 296 cm³/mol. The Hall–Kier alpha value is -5.13. The number of likely N-dealkylation sites (N-methyl/N-ethyl adjacent to an activating group) is 1. The van der Waals surface area contributed by atoms with Gasteiger partial charge < -0.3 is 29.5 Å². The number of benzene rings is 2. The van der Waals surface area contributed by atoms with Crippen LogP contribution >= 0.6 is 54.0 Å². The van der Waals surface area contributed by atoms with Crippen molar-refractivity contribution >= 4 is 94.5 Å². The standard InChI is InChI=1S/C52H64N8O7.4H2S/c1-9-33(28-53)49(64)58-21-18-35(29-58)48(63)57(8)45(31(4)5)47(62)55-43-24-32-22-36(25-37(61)23-32)34-16-17-44-39(26-34)40(46(59(44)11-3)38-14-12-19-54-41(38)10-2)27-52(6,7)30-67-51(66)42-15-13-20-60(56-42)50(43)65;;;;/h9,12,14,16-17,19,22-23,25-26,31,35,42-43,45,56,61H,10-11,13,15,18,20-21,24,27,29-30H2,1-8H3,(H,55,62);4*1H2/b33-9+;;;;/t35-,42-,43-,45-;;;;/m0..../s1. The Morgan fingerprint density at radius 3 is 2.44 bits per heavy atom. The molecule has 0 spiro atoms. The number of pyridine rings is 1. The number of esters is 1. The molecule has 0 saturated carbocycles. The van der Waals surface area contributed by atoms with E-state index in [1.807, 2.05) is 44.3 Å². The third-order valence-electron chi connectivity index (χ3n) is 13.5. The van der Waals surface area contributed by atoms with E-state index in [4.69, 9.17) is 9.72 Å². The number of carbonyl (C=O) groups is 5. The Bertz CT molecular complexity index is 2670. The molecule has 4 atom stereocenters. The first-order valence-electron chi connectivity index (χ1n) is 23.6. The van der Waals surface area contributed by atoms with Crippen molar-refractivity contribution in [3.05, 3.63) is 83.2 Å². The molecule has 2 saturated heterocycles. The Morgan fingerprint density at radius 2 is 1.77 bits per heavy atom. The average Bonchev–Trinajstić information content (AvgIpc) is 3.92. The Kier molecular flexibility index (Phi) is 21.6. The second kappa shape index (κ2) is 25.5. The number of rotatable bonds is 9. The quantitative estimate of drug-likeness (QED) is 0.0941. The number of aryl methyl sites for hydroxylation is 2. The van der Waals surface area contributed by atoms with Crippen LogP contribution in [0.3, 0.4) is 0 Å². The maximum Gasteiger partial charge on any atom is 0.324 e. The summed E-state index contributed by atoms with van der Waals surface area (Å²) in [5, 5.41) is 26.1. The van der Waals surface area contributed by atoms with Crippen molar-refractivity contribution in [3.8, 4) is 34.2 Å². The monoisotopic (exact) mass is 1050 g/mol. The Labute approximate surface area is 445 Å². The predicted octanol–water partition coefficient (Wildman–Crippen LogP) is 6.56. The van der Waals surface area contributed by atoms with Gasteiger partial charge in [-0.25, -0.2) is 5.43 Å². The summed E-state index contributed by atoms with van der Waals surface area (Å²) in [6.45, 7) is 15.1. The lowest BCUT2D eigenvalue weighted by Gasteiger charge is -2.37. The number of nitrogens with zero attached hydrogens (tertiary/aromatic N) is 6. The number of hydrazine groups is 1. The number of aromatic hydroxyl groups is 1. The molecule has 2 aromatic heterocycles. The van der Waals surface area contributed by atoms with Crippen molar-refractivity contribution in [3.63, 3.8) is 0 Å². The van der Waals surface area contributed by atoms with E-state index in [1.54, 1.807) is 26.1 Å². The Balaban J connectivity index is 0.00000333. The molecule has 3 N–H and O–H groups in total. The SMILES string of the molecule is C/C=C(\C#N)C(=O)N1CC[C@H](C(=O)N(C)[C@H](C(=O)N[C@H]2Cc3cc(O)cc(c3)-c3ccc4c(c3)c(c(-c3cccnc3CC)n4CC)CC(C)(C)COC(=O)[C@@H]3CCCN(N3)C2=O)C(C)C)C1.S.S.S.S. The van der Waals surface area contributed by atoms with E-state index in [1.165, 1.54) is 20.9 Å². The summed E-state index contributed by atoms with van der Waals surface area (Å²) < 4.78 is 8.41. The van der Waals surface area contributed by atoms with Gasteiger partial charge >= 0.3 is 5.97 Å². The summed E-state index contributed by atoms with van der Waals surface area (Å²) >= 11 is 0. The molecule has 0 radical (unpaired) electrons. The van der Waals surface area contributed by atoms with Gasteiger partial charge in [-0.2, -0.15) is 59.2 Å². The van der Waals surface area contributed by atoms with Crippen molar-refractivity contribution in [2.45, 2.75) is 112 Å². The van der Waals surface area contributed by atoms with Gasteiger partial charge in [0, 0.05) is 73.4 Å². The number of phenolic OH excluding ortho intramolecular Hbond substituents is 1. The minimum absolute atomic E-state index is 0. The fraction of sp³-hybridized carbons (Fsp3) is 0.481. The number of aromatic nitrogens is 2. The van der Waals surface area contributed by atoms with Crippen LogP contribution in [0.25, 0.3) is 33.3 Å². The van der Waals surface area contributed by atoms with Crippen molar-refractivity contribution in [2.75, 3.05) is 33.3 Å². The van der Waals surface area contributed by atoms with Crippen LogP contribution in [-0.2, 0) is 54.5 Å². The number of fused-ring (bicyclic) bond motifs is 6. The van der Waals surface area contributed by atoms with Crippen LogP contribution in [0.2, 0.25) is 0 Å². The van der Waals surface area contributed by atoms with E-state index in [-0.39, 0.29) is 103 Å². The second-order valence-corrected chi connectivity index (χ2v) is 19.3. The minimum Gasteiger partial charge on any atom is -0.508 e. The minimum atomic E-state index is -1.18. The molecule has 15 nitrogen and oxygen atoms in total. The fourth-order valence-corrected chi connectivity index (χ4v) is 10.1. The summed E-state index contributed by atoms with van der Waals surface area (Å²) in [4.78, 5) is 77.8. The summed E-state index contributed by atoms with van der Waals surface area (Å²) in [5.74, 6) is -3.27. The van der Waals surface area contributed by atoms with Gasteiger partial charge in [-0.1, -0.05) is 52.8 Å². The molecule has 7 rings (SSSR count). The smallest absolute Gasteiger partial charge is 0.324 e. The highest BCUT2D eigenvalue weighted by Crippen LogP contribution is 2.41. The molecule has 3 aliphatic rings. The molecule has 6 bridgehead atoms. The van der Waals surface area contributed by atoms with Gasteiger partial charge in [0.2, 0.25) is 11.8 Å². The van der Waals surface area contributed by atoms with Crippen LogP contribution in [0.4, 0.5) is 0 Å². The summed E-state index contributed by atoms with van der Waals surface area (Å²) in [5.41, 5.74) is 9.97. The van der Waals surface area contributed by atoms with Crippen LogP contribution in [0, 0.1) is 28.6 Å². The average molecular weight is 1050 g/mol. The lowest BCUT2D eigenvalue weighted by molar-refractivity contribution is -0.155. The number of ether oxygens (including phenoxy) is 1. The first-order chi connectivity index (χ1) is 32.0. The zero-order chi connectivity index (χ0) is 48.3. The maximum atomic E-state index is 14.7. The van der Waals surface area contributed by atoms with E-state index in [0.717, 1.165) is 51.0 Å². The molecule has 0 aliphatic carbocycles. The number of carbonyl (C=O) groups excluding carboxylic acids is 5. The van der Waals surface area contributed by atoms with Crippen molar-refractivity contribution < 1.29 is 33.8 Å². The van der Waals surface area contributed by atoms with E-state index < -0.39 is 53.1 Å². The first-order valence-corrected chi connectivity index (χ1v) is 23.6. The molecular formula is C52H72N8O7S4. The lowest BCUT2D eigenvalue weighted by Crippen LogP contribution is -2.62. The van der Waals surface area contributed by atoms with Gasteiger partial charge in [0.05, 0.1) is 18.2 Å². The van der Waals surface area contributed by atoms with E-state index in [0.29, 0.717) is 44.3 Å². The van der Waals surface area contributed by atoms with E-state index in [2.05, 4.69) is 61.2 Å². The fourth-order valence-electron chi connectivity index (χ4n) is 10.1. The molecule has 4 amide bonds. The van der Waals surface area contributed by atoms with Crippen molar-refractivity contribution in [1.82, 2.24) is 35.1 Å². The number of nitrogens with one attached hydrogen (secondary N) is 2. The molecule has 19 heteroatoms. The van der Waals surface area contributed by atoms with Gasteiger partial charge in [-0.15, -0.1) is 0 Å². The molecule has 2 fully saturated rings. The first kappa shape index (κ1) is 60.2. The van der Waals surface area contributed by atoms with Crippen LogP contribution < -0.4 is 10.7 Å². The number of cyclic esters (lactones) is 1. The number of nitriles is 1. The molecule has 71 heavy (non-hydrogen) atoms. The third-order valence-corrected chi connectivity index (χ3v) is 13.5.